The molecule has 1 aromatic carbocycles. The number of hydrogen-bond acceptors (Lipinski definition) is 12. The number of amides is 2. The van der Waals surface area contributed by atoms with Gasteiger partial charge in [0.1, 0.15) is 18.5 Å². The van der Waals surface area contributed by atoms with Crippen LogP contribution in [0.15, 0.2) is 36.9 Å². The van der Waals surface area contributed by atoms with Gasteiger partial charge in [-0.15, -0.1) is 0 Å². The van der Waals surface area contributed by atoms with Gasteiger partial charge < -0.3 is 46.4 Å². The number of carbonyl (C=O) groups is 2. The SMILES string of the molecule is O=C(NCCCCCC(=O)N1CCNCCNCCNCC1)[C@H]1O[C@@H](n2cnc3c(N[C@H]4CCc5ccccc54)ncnc32)[C@H](O)[C@@H]1O. The summed E-state index contributed by atoms with van der Waals surface area (Å²) in [5, 5.41) is 38.1. The molecule has 15 heteroatoms. The van der Waals surface area contributed by atoms with E-state index in [0.717, 1.165) is 65.0 Å². The van der Waals surface area contributed by atoms with E-state index in [9.17, 15) is 19.8 Å². The number of rotatable bonds is 10. The van der Waals surface area contributed by atoms with E-state index in [1.54, 1.807) is 0 Å². The van der Waals surface area contributed by atoms with Crippen LogP contribution < -0.4 is 26.6 Å². The second-order valence-corrected chi connectivity index (χ2v) is 12.6. The summed E-state index contributed by atoms with van der Waals surface area (Å²) in [5.41, 5.74) is 3.47. The van der Waals surface area contributed by atoms with Crippen molar-refractivity contribution in [3.63, 3.8) is 0 Å². The Hall–Kier alpha value is -3.73. The second-order valence-electron chi connectivity index (χ2n) is 12.6. The molecule has 15 nitrogen and oxygen atoms in total. The molecule has 2 saturated heterocycles. The van der Waals surface area contributed by atoms with Crippen molar-refractivity contribution in [3.05, 3.63) is 48.0 Å². The first-order valence-electron chi connectivity index (χ1n) is 17.2. The standard InChI is InChI=1S/C33H48N10O5/c44-25(42-18-16-35-14-12-34-13-15-36-17-19-42)8-2-1-5-11-37-32(47)29-27(45)28(46)33(48-29)43-21-40-26-30(38-20-39-31(26)43)41-24-10-9-22-6-3-4-7-23(22)24/h3-4,6-7,20-21,24,27-29,33-36,45-46H,1-2,5,8-19H2,(H,37,47)(H,38,39,41)/t24-,27-,28+,29-,33+/m0/s1. The predicted octanol–water partition coefficient (Wildman–Crippen LogP) is -0.167. The number of ether oxygens (including phenoxy) is 1. The molecule has 0 spiro atoms. The van der Waals surface area contributed by atoms with Gasteiger partial charge in [0.15, 0.2) is 29.3 Å². The molecule has 3 aromatic rings. The number of unbranched alkanes of at least 4 members (excludes halogenated alkanes) is 2. The van der Waals surface area contributed by atoms with Crippen LogP contribution in [0.4, 0.5) is 5.82 Å². The number of fused-ring (bicyclic) bond motifs is 2. The Labute approximate surface area is 280 Å². The number of aliphatic hydroxyl groups excluding tert-OH is 2. The van der Waals surface area contributed by atoms with E-state index in [4.69, 9.17) is 4.74 Å². The molecule has 2 fully saturated rings. The van der Waals surface area contributed by atoms with Crippen molar-refractivity contribution < 1.29 is 24.5 Å². The van der Waals surface area contributed by atoms with Crippen molar-refractivity contribution in [2.24, 2.45) is 0 Å². The largest absolute Gasteiger partial charge is 0.387 e. The van der Waals surface area contributed by atoms with Crippen molar-refractivity contribution in [1.82, 2.24) is 45.7 Å². The molecule has 260 valence electrons. The summed E-state index contributed by atoms with van der Waals surface area (Å²) < 4.78 is 7.45. The van der Waals surface area contributed by atoms with Gasteiger partial charge in [-0.2, -0.15) is 0 Å². The summed E-state index contributed by atoms with van der Waals surface area (Å²) >= 11 is 0. The van der Waals surface area contributed by atoms with Crippen LogP contribution in [0.2, 0.25) is 0 Å². The van der Waals surface area contributed by atoms with Crippen LogP contribution >= 0.6 is 0 Å². The lowest BCUT2D eigenvalue weighted by molar-refractivity contribution is -0.137. The van der Waals surface area contributed by atoms with Gasteiger partial charge in [0.2, 0.25) is 5.91 Å². The minimum absolute atomic E-state index is 0.0916. The Balaban J connectivity index is 0.962. The van der Waals surface area contributed by atoms with Crippen molar-refractivity contribution >= 4 is 28.8 Å². The van der Waals surface area contributed by atoms with Crippen LogP contribution in [-0.4, -0.2) is 124 Å². The summed E-state index contributed by atoms with van der Waals surface area (Å²) in [7, 11) is 0. The Morgan fingerprint density at radius 2 is 1.67 bits per heavy atom. The average molecular weight is 665 g/mol. The van der Waals surface area contributed by atoms with Crippen LogP contribution in [0.25, 0.3) is 11.2 Å². The highest BCUT2D eigenvalue weighted by atomic mass is 16.6. The third-order valence-corrected chi connectivity index (χ3v) is 9.37. The lowest BCUT2D eigenvalue weighted by atomic mass is 10.1. The lowest BCUT2D eigenvalue weighted by Crippen LogP contribution is -2.44. The molecule has 4 heterocycles. The molecule has 6 rings (SSSR count). The highest BCUT2D eigenvalue weighted by Gasteiger charge is 2.47. The van der Waals surface area contributed by atoms with E-state index in [1.807, 2.05) is 17.0 Å². The highest BCUT2D eigenvalue weighted by molar-refractivity contribution is 5.84. The number of benzene rings is 1. The zero-order valence-corrected chi connectivity index (χ0v) is 27.3. The van der Waals surface area contributed by atoms with E-state index in [1.165, 1.54) is 28.3 Å². The van der Waals surface area contributed by atoms with Gasteiger partial charge in [-0.25, -0.2) is 15.0 Å². The van der Waals surface area contributed by atoms with Crippen molar-refractivity contribution in [3.8, 4) is 0 Å². The van der Waals surface area contributed by atoms with Gasteiger partial charge >= 0.3 is 0 Å². The molecule has 7 N–H and O–H groups in total. The predicted molar refractivity (Wildman–Crippen MR) is 179 cm³/mol. The van der Waals surface area contributed by atoms with E-state index in [-0.39, 0.29) is 11.9 Å². The Morgan fingerprint density at radius 3 is 2.46 bits per heavy atom. The molecular weight excluding hydrogens is 616 g/mol. The molecule has 3 aliphatic rings. The number of aliphatic hydroxyl groups is 2. The summed E-state index contributed by atoms with van der Waals surface area (Å²) in [4.78, 5) is 41.1. The maximum atomic E-state index is 13.0. The first kappa shape index (κ1) is 34.1. The minimum Gasteiger partial charge on any atom is -0.387 e. The van der Waals surface area contributed by atoms with E-state index in [2.05, 4.69) is 53.7 Å². The molecule has 2 aliphatic heterocycles. The fraction of sp³-hybridized carbons (Fsp3) is 0.606. The summed E-state index contributed by atoms with van der Waals surface area (Å²) in [6, 6.07) is 8.41. The molecule has 0 unspecified atom stereocenters. The first-order chi connectivity index (χ1) is 23.5. The van der Waals surface area contributed by atoms with Crippen molar-refractivity contribution in [1.29, 1.82) is 0 Å². The number of aromatic nitrogens is 4. The van der Waals surface area contributed by atoms with E-state index < -0.39 is 30.4 Å². The molecule has 2 aromatic heterocycles. The Kier molecular flexibility index (Phi) is 11.8. The van der Waals surface area contributed by atoms with Gasteiger partial charge in [0, 0.05) is 65.3 Å². The number of nitrogens with one attached hydrogen (secondary N) is 5. The van der Waals surface area contributed by atoms with Crippen LogP contribution in [0, 0.1) is 0 Å². The quantitative estimate of drug-likeness (QED) is 0.142. The first-order valence-corrected chi connectivity index (χ1v) is 17.2. The third-order valence-electron chi connectivity index (χ3n) is 9.37. The lowest BCUT2D eigenvalue weighted by Gasteiger charge is -2.24. The normalized spacial score (nSPS) is 25.3. The van der Waals surface area contributed by atoms with Crippen LogP contribution in [-0.2, 0) is 20.7 Å². The van der Waals surface area contributed by atoms with Gasteiger partial charge in [-0.1, -0.05) is 30.7 Å². The zero-order valence-electron chi connectivity index (χ0n) is 27.3. The van der Waals surface area contributed by atoms with Crippen LogP contribution in [0.1, 0.15) is 55.5 Å². The van der Waals surface area contributed by atoms with Crippen LogP contribution in [0.5, 0.6) is 0 Å². The molecule has 1 aliphatic carbocycles. The molecule has 0 radical (unpaired) electrons. The smallest absolute Gasteiger partial charge is 0.252 e. The van der Waals surface area contributed by atoms with Gasteiger partial charge in [0.25, 0.3) is 5.91 Å². The molecule has 0 bridgehead atoms. The van der Waals surface area contributed by atoms with Crippen LogP contribution in [0.3, 0.4) is 0 Å². The monoisotopic (exact) mass is 664 g/mol. The summed E-state index contributed by atoms with van der Waals surface area (Å²) in [6.45, 7) is 6.84. The number of imidazole rings is 1. The molecule has 2 amide bonds. The summed E-state index contributed by atoms with van der Waals surface area (Å²) in [5.74, 6) is 0.204. The number of hydrogen-bond donors (Lipinski definition) is 7. The van der Waals surface area contributed by atoms with Gasteiger partial charge in [0.05, 0.1) is 12.4 Å². The van der Waals surface area contributed by atoms with Crippen molar-refractivity contribution in [2.75, 3.05) is 64.2 Å². The molecular formula is C33H48N10O5. The fourth-order valence-corrected chi connectivity index (χ4v) is 6.69. The highest BCUT2D eigenvalue weighted by Crippen LogP contribution is 2.36. The minimum atomic E-state index is -1.43. The van der Waals surface area contributed by atoms with E-state index >= 15 is 0 Å². The number of carbonyl (C=O) groups excluding carboxylic acids is 2. The molecule has 48 heavy (non-hydrogen) atoms. The Bertz CT molecular complexity index is 1510. The molecule has 5 atom stereocenters. The molecule has 0 saturated carbocycles. The number of anilines is 1. The zero-order chi connectivity index (χ0) is 33.3. The maximum absolute atomic E-state index is 13.0. The number of aryl methyl sites for hydroxylation is 1. The number of nitrogens with zero attached hydrogens (tertiary/aromatic N) is 5. The Morgan fingerprint density at radius 1 is 0.917 bits per heavy atom. The maximum Gasteiger partial charge on any atom is 0.252 e. The average Bonchev–Trinajstić information content (AvgIpc) is 3.79. The summed E-state index contributed by atoms with van der Waals surface area (Å²) in [6.07, 6.45) is 2.32. The topological polar surface area (TPSA) is 191 Å². The van der Waals surface area contributed by atoms with Gasteiger partial charge in [-0.3, -0.25) is 14.2 Å². The fourth-order valence-electron chi connectivity index (χ4n) is 6.69. The van der Waals surface area contributed by atoms with E-state index in [0.29, 0.717) is 49.5 Å². The van der Waals surface area contributed by atoms with Crippen molar-refractivity contribution in [2.45, 2.75) is 69.1 Å². The third kappa shape index (κ3) is 8.10. The van der Waals surface area contributed by atoms with Gasteiger partial charge in [-0.05, 0) is 36.8 Å². The second kappa shape index (κ2) is 16.6.